The minimum absolute atomic E-state index is 0.0691. The van der Waals surface area contributed by atoms with Gasteiger partial charge in [-0.15, -0.1) is 0 Å². The molecule has 2 heterocycles. The Labute approximate surface area is 181 Å². The molecule has 3 aliphatic carbocycles. The van der Waals surface area contributed by atoms with Gasteiger partial charge >= 0.3 is 0 Å². The van der Waals surface area contributed by atoms with Crippen LogP contribution in [0.5, 0.6) is 0 Å². The first-order chi connectivity index (χ1) is 14.9. The van der Waals surface area contributed by atoms with Crippen molar-refractivity contribution in [2.24, 2.45) is 0 Å². The molecule has 9 heteroatoms. The van der Waals surface area contributed by atoms with Crippen LogP contribution >= 0.6 is 0 Å². The highest BCUT2D eigenvalue weighted by Gasteiger charge is 2.70. The monoisotopic (exact) mass is 446 g/mol. The Morgan fingerprint density at radius 1 is 1.22 bits per heavy atom. The molecule has 1 N–H and O–H groups in total. The molecular weight excluding hydrogens is 424 g/mol. The summed E-state index contributed by atoms with van der Waals surface area (Å²) in [4.78, 5) is 21.4. The smallest absolute Gasteiger partial charge is 0.273 e. The van der Waals surface area contributed by atoms with Crippen molar-refractivity contribution in [1.29, 1.82) is 0 Å². The van der Waals surface area contributed by atoms with Crippen molar-refractivity contribution in [3.63, 3.8) is 0 Å². The van der Waals surface area contributed by atoms with E-state index < -0.39 is 34.6 Å². The highest BCUT2D eigenvalue weighted by Crippen LogP contribution is 2.67. The van der Waals surface area contributed by atoms with Crippen LogP contribution in [-0.4, -0.2) is 20.2 Å². The van der Waals surface area contributed by atoms with Gasteiger partial charge in [0.25, 0.3) is 11.5 Å². The van der Waals surface area contributed by atoms with E-state index in [-0.39, 0.29) is 11.1 Å². The number of aromatic nitrogens is 3. The lowest BCUT2D eigenvalue weighted by Crippen LogP contribution is -2.71. The van der Waals surface area contributed by atoms with Crippen molar-refractivity contribution >= 4 is 16.7 Å². The highest BCUT2D eigenvalue weighted by molar-refractivity contribution is 5.90. The topological polar surface area (TPSA) is 59.8 Å². The van der Waals surface area contributed by atoms with Gasteiger partial charge in [-0.05, 0) is 13.8 Å². The summed E-state index contributed by atoms with van der Waals surface area (Å²) in [5, 5.41) is 3.61. The van der Waals surface area contributed by atoms with Crippen LogP contribution in [0.2, 0.25) is 0 Å². The maximum atomic E-state index is 14.8. The van der Waals surface area contributed by atoms with Gasteiger partial charge in [0.05, 0.1) is 28.0 Å². The predicted molar refractivity (Wildman–Crippen MR) is 112 cm³/mol. The van der Waals surface area contributed by atoms with Crippen LogP contribution in [0.15, 0.2) is 35.5 Å². The minimum Gasteiger partial charge on any atom is -0.363 e. The third-order valence-electron chi connectivity index (χ3n) is 6.81. The molecule has 0 aliphatic heterocycles. The molecule has 3 fully saturated rings. The second-order valence-electron chi connectivity index (χ2n) is 9.28. The largest absolute Gasteiger partial charge is 0.363 e. The Morgan fingerprint density at radius 3 is 2.53 bits per heavy atom. The Balaban J connectivity index is 1.56. The number of pyridine rings is 1. The van der Waals surface area contributed by atoms with Crippen molar-refractivity contribution in [2.75, 3.05) is 5.32 Å². The molecule has 0 radical (unpaired) electrons. The first-order valence-electron chi connectivity index (χ1n) is 10.4. The molecule has 0 saturated heterocycles. The van der Waals surface area contributed by atoms with Gasteiger partial charge in [0.15, 0.2) is 0 Å². The van der Waals surface area contributed by atoms with Crippen LogP contribution < -0.4 is 10.9 Å². The fourth-order valence-corrected chi connectivity index (χ4v) is 5.13. The van der Waals surface area contributed by atoms with Crippen LogP contribution in [-0.2, 0) is 11.5 Å². The molecule has 5 nitrogen and oxygen atoms in total. The molecule has 0 amide bonds. The molecule has 0 spiro atoms. The number of hydrogen-bond donors (Lipinski definition) is 1. The predicted octanol–water partition coefficient (Wildman–Crippen LogP) is 5.12. The lowest BCUT2D eigenvalue weighted by atomic mass is 9.47. The molecule has 2 aromatic heterocycles. The summed E-state index contributed by atoms with van der Waals surface area (Å²) in [7, 11) is 0. The average molecular weight is 446 g/mol. The zero-order valence-electron chi connectivity index (χ0n) is 17.8. The van der Waals surface area contributed by atoms with Crippen molar-refractivity contribution < 1.29 is 17.6 Å². The van der Waals surface area contributed by atoms with Gasteiger partial charge < -0.3 is 9.88 Å². The van der Waals surface area contributed by atoms with Crippen molar-refractivity contribution in [2.45, 2.75) is 63.2 Å². The lowest BCUT2D eigenvalue weighted by molar-refractivity contribution is -0.199. The molecule has 1 aromatic carbocycles. The summed E-state index contributed by atoms with van der Waals surface area (Å²) < 4.78 is 58.0. The van der Waals surface area contributed by atoms with Crippen molar-refractivity contribution in [3.8, 4) is 0 Å². The number of fused-ring (bicyclic) bond motifs is 1. The summed E-state index contributed by atoms with van der Waals surface area (Å²) in [5.74, 6) is -3.95. The van der Waals surface area contributed by atoms with Crippen molar-refractivity contribution in [3.05, 3.63) is 63.6 Å². The Morgan fingerprint density at radius 2 is 1.91 bits per heavy atom. The van der Waals surface area contributed by atoms with E-state index in [0.717, 1.165) is 6.07 Å². The van der Waals surface area contributed by atoms with E-state index >= 15 is 0 Å². The lowest BCUT2D eigenvalue weighted by Gasteiger charge is -2.66. The number of rotatable bonds is 5. The van der Waals surface area contributed by atoms with Crippen molar-refractivity contribution in [1.82, 2.24) is 14.5 Å². The molecular formula is C23H22F4N4O. The molecule has 168 valence electrons. The average Bonchev–Trinajstić information content (AvgIpc) is 2.67. The number of anilines is 1. The molecule has 0 unspecified atom stereocenters. The van der Waals surface area contributed by atoms with E-state index in [1.807, 2.05) is 0 Å². The van der Waals surface area contributed by atoms with Gasteiger partial charge in [-0.3, -0.25) is 4.79 Å². The number of aryl methyl sites for hydroxylation is 1. The maximum absolute atomic E-state index is 14.8. The summed E-state index contributed by atoms with van der Waals surface area (Å²) in [6.45, 7) is 3.95. The van der Waals surface area contributed by atoms with Gasteiger partial charge in [-0.25, -0.2) is 27.5 Å². The van der Waals surface area contributed by atoms with E-state index in [4.69, 9.17) is 0 Å². The first-order valence-corrected chi connectivity index (χ1v) is 10.4. The quantitative estimate of drug-likeness (QED) is 0.553. The zero-order chi connectivity index (χ0) is 23.1. The fraction of sp³-hybridized carbons (Fsp3) is 0.435. The van der Waals surface area contributed by atoms with Gasteiger partial charge in [0.2, 0.25) is 0 Å². The number of hydrogen-bond acceptors (Lipinski definition) is 4. The van der Waals surface area contributed by atoms with E-state index in [1.165, 1.54) is 18.5 Å². The summed E-state index contributed by atoms with van der Waals surface area (Å²) in [5.41, 5.74) is -1.67. The molecule has 1 atom stereocenters. The number of benzene rings is 1. The summed E-state index contributed by atoms with van der Waals surface area (Å²) in [6, 6.07) is 3.20. The second kappa shape index (κ2) is 6.52. The fourth-order valence-electron chi connectivity index (χ4n) is 5.13. The molecule has 3 aliphatic rings. The second-order valence-corrected chi connectivity index (χ2v) is 9.28. The van der Waals surface area contributed by atoms with E-state index in [0.29, 0.717) is 48.5 Å². The first kappa shape index (κ1) is 20.9. The third kappa shape index (κ3) is 2.93. The Kier molecular flexibility index (Phi) is 4.26. The number of nitrogens with one attached hydrogen (secondary N) is 1. The van der Waals surface area contributed by atoms with Crippen LogP contribution in [0.25, 0.3) is 10.9 Å². The number of nitrogens with zero attached hydrogens (tertiary/aromatic N) is 3. The number of alkyl halides is 3. The Hall–Kier alpha value is -2.97. The number of halogens is 4. The van der Waals surface area contributed by atoms with Gasteiger partial charge in [0.1, 0.15) is 23.6 Å². The van der Waals surface area contributed by atoms with E-state index in [1.54, 1.807) is 24.6 Å². The summed E-state index contributed by atoms with van der Waals surface area (Å²) >= 11 is 0. The van der Waals surface area contributed by atoms with E-state index in [2.05, 4.69) is 15.3 Å². The normalized spacial score (nSPS) is 25.2. The zero-order valence-corrected chi connectivity index (χ0v) is 17.8. The molecule has 3 aromatic rings. The van der Waals surface area contributed by atoms with Crippen LogP contribution in [0.1, 0.15) is 55.8 Å². The standard InChI is InChI=1S/C23H22F4N4O/c1-12-18-15(7-31(20(12)32)23-8-22(27,9-23)10-23)19(29-11-28-18)30-13(2)14-5-4-6-16(17(14)24)21(3,25)26/h4-7,11,13H,8-10H2,1-3H3,(H,28,29,30)/t13-,22?,23?/m1/s1. The SMILES string of the molecule is Cc1c(=O)n(C23CC(F)(C2)C3)cc2c(N[C@H](C)c3cccc(C(C)(F)F)c3F)ncnc12. The van der Waals surface area contributed by atoms with Gasteiger partial charge in [-0.2, -0.15) is 0 Å². The minimum atomic E-state index is -3.31. The van der Waals surface area contributed by atoms with Gasteiger partial charge in [-0.1, -0.05) is 18.2 Å². The molecule has 2 bridgehead atoms. The third-order valence-corrected chi connectivity index (χ3v) is 6.81. The van der Waals surface area contributed by atoms with Crippen LogP contribution in [0.4, 0.5) is 23.4 Å². The summed E-state index contributed by atoms with van der Waals surface area (Å²) in [6.07, 6.45) is 3.84. The molecule has 3 saturated carbocycles. The van der Waals surface area contributed by atoms with Gasteiger partial charge in [0, 0.05) is 43.5 Å². The molecule has 32 heavy (non-hydrogen) atoms. The Bertz CT molecular complexity index is 1290. The maximum Gasteiger partial charge on any atom is 0.273 e. The van der Waals surface area contributed by atoms with Crippen LogP contribution in [0, 0.1) is 12.7 Å². The van der Waals surface area contributed by atoms with E-state index in [9.17, 15) is 22.4 Å². The highest BCUT2D eigenvalue weighted by atomic mass is 19.3. The van der Waals surface area contributed by atoms with Crippen LogP contribution in [0.3, 0.4) is 0 Å². The molecule has 6 rings (SSSR count).